The molecule has 0 spiro atoms. The largest absolute Gasteiger partial charge is 0.493 e. The molecule has 0 aliphatic heterocycles. The molecule has 0 radical (unpaired) electrons. The molecule has 0 unspecified atom stereocenters. The van der Waals surface area contributed by atoms with Gasteiger partial charge in [0.1, 0.15) is 0 Å². The summed E-state index contributed by atoms with van der Waals surface area (Å²) in [5, 5.41) is 7.95. The molecular formula is C21H20ClF2N3O3. The Bertz CT molecular complexity index is 1070. The number of methoxy groups -OCH3 is 1. The second kappa shape index (κ2) is 9.13. The lowest BCUT2D eigenvalue weighted by Crippen LogP contribution is -2.14. The molecule has 0 bridgehead atoms. The SMILES string of the molecule is COc1cc(C(=O)Nc2c(C)nn(Cc3ccccc3Cl)c2C)ccc1OC(F)F. The number of anilines is 1. The van der Waals surface area contributed by atoms with E-state index in [4.69, 9.17) is 16.3 Å². The molecule has 0 atom stereocenters. The summed E-state index contributed by atoms with van der Waals surface area (Å²) in [6.07, 6.45) is 0. The van der Waals surface area contributed by atoms with Gasteiger partial charge in [-0.05, 0) is 43.7 Å². The predicted octanol–water partition coefficient (Wildman–Crippen LogP) is 5.06. The summed E-state index contributed by atoms with van der Waals surface area (Å²) in [5.41, 5.74) is 3.09. The van der Waals surface area contributed by atoms with Gasteiger partial charge >= 0.3 is 6.61 Å². The molecule has 158 valence electrons. The van der Waals surface area contributed by atoms with Gasteiger partial charge in [0.25, 0.3) is 5.91 Å². The topological polar surface area (TPSA) is 65.4 Å². The number of rotatable bonds is 7. The van der Waals surface area contributed by atoms with Gasteiger partial charge in [-0.15, -0.1) is 0 Å². The lowest BCUT2D eigenvalue weighted by molar-refractivity contribution is -0.0512. The zero-order chi connectivity index (χ0) is 21.8. The maximum absolute atomic E-state index is 12.7. The molecule has 9 heteroatoms. The highest BCUT2D eigenvalue weighted by molar-refractivity contribution is 6.31. The zero-order valence-electron chi connectivity index (χ0n) is 16.6. The number of halogens is 3. The van der Waals surface area contributed by atoms with Crippen LogP contribution < -0.4 is 14.8 Å². The molecule has 2 aromatic carbocycles. The van der Waals surface area contributed by atoms with Crippen LogP contribution in [0.25, 0.3) is 0 Å². The van der Waals surface area contributed by atoms with E-state index < -0.39 is 12.5 Å². The van der Waals surface area contributed by atoms with Gasteiger partial charge in [-0.1, -0.05) is 29.8 Å². The van der Waals surface area contributed by atoms with Gasteiger partial charge in [-0.3, -0.25) is 9.48 Å². The summed E-state index contributed by atoms with van der Waals surface area (Å²) in [7, 11) is 1.31. The third-order valence-electron chi connectivity index (χ3n) is 4.54. The molecule has 6 nitrogen and oxygen atoms in total. The number of alkyl halides is 2. The molecule has 1 N–H and O–H groups in total. The van der Waals surface area contributed by atoms with Crippen molar-refractivity contribution in [1.29, 1.82) is 0 Å². The average Bonchev–Trinajstić information content (AvgIpc) is 2.97. The van der Waals surface area contributed by atoms with Gasteiger partial charge in [-0.25, -0.2) is 0 Å². The number of aryl methyl sites for hydroxylation is 1. The van der Waals surface area contributed by atoms with E-state index >= 15 is 0 Å². The Balaban J connectivity index is 1.82. The van der Waals surface area contributed by atoms with Crippen molar-refractivity contribution in [1.82, 2.24) is 9.78 Å². The van der Waals surface area contributed by atoms with E-state index in [9.17, 15) is 13.6 Å². The molecule has 0 aliphatic carbocycles. The van der Waals surface area contributed by atoms with Crippen LogP contribution in [0.2, 0.25) is 5.02 Å². The number of carbonyl (C=O) groups is 1. The molecule has 0 fully saturated rings. The monoisotopic (exact) mass is 435 g/mol. The van der Waals surface area contributed by atoms with Crippen molar-refractivity contribution in [2.45, 2.75) is 27.0 Å². The van der Waals surface area contributed by atoms with Crippen molar-refractivity contribution in [2.24, 2.45) is 0 Å². The summed E-state index contributed by atoms with van der Waals surface area (Å²) < 4.78 is 36.2. The summed E-state index contributed by atoms with van der Waals surface area (Å²) in [6, 6.07) is 11.4. The maximum Gasteiger partial charge on any atom is 0.387 e. The molecule has 1 amide bonds. The molecule has 1 aromatic heterocycles. The second-order valence-electron chi connectivity index (χ2n) is 6.49. The Kier molecular flexibility index (Phi) is 6.56. The van der Waals surface area contributed by atoms with Gasteiger partial charge in [0.15, 0.2) is 11.5 Å². The van der Waals surface area contributed by atoms with E-state index in [2.05, 4.69) is 15.2 Å². The van der Waals surface area contributed by atoms with Crippen LogP contribution in [0.3, 0.4) is 0 Å². The summed E-state index contributed by atoms with van der Waals surface area (Å²) in [5.74, 6) is -0.546. The molecule has 1 heterocycles. The standard InChI is InChI=1S/C21H20ClF2N3O3/c1-12-19(13(2)27(26-12)11-15-6-4-5-7-16(15)22)25-20(28)14-8-9-17(30-21(23)24)18(10-14)29-3/h4-10,21H,11H2,1-3H3,(H,25,28). The van der Waals surface area contributed by atoms with Gasteiger partial charge in [-0.2, -0.15) is 13.9 Å². The van der Waals surface area contributed by atoms with Gasteiger partial charge in [0, 0.05) is 10.6 Å². The van der Waals surface area contributed by atoms with Gasteiger partial charge in [0.2, 0.25) is 0 Å². The number of nitrogens with one attached hydrogen (secondary N) is 1. The normalized spacial score (nSPS) is 10.9. The van der Waals surface area contributed by atoms with Crippen LogP contribution in [-0.4, -0.2) is 29.4 Å². The molecule has 3 rings (SSSR count). The van der Waals surface area contributed by atoms with Crippen molar-refractivity contribution in [3.05, 3.63) is 70.0 Å². The first kappa shape index (κ1) is 21.6. The van der Waals surface area contributed by atoms with E-state index in [1.807, 2.05) is 25.1 Å². The summed E-state index contributed by atoms with van der Waals surface area (Å²) in [6.45, 7) is 1.08. The van der Waals surface area contributed by atoms with Crippen molar-refractivity contribution < 1.29 is 23.0 Å². The van der Waals surface area contributed by atoms with E-state index in [0.717, 1.165) is 11.3 Å². The molecule has 0 saturated heterocycles. The number of benzene rings is 2. The Morgan fingerprint density at radius 3 is 2.60 bits per heavy atom. The quantitative estimate of drug-likeness (QED) is 0.563. The van der Waals surface area contributed by atoms with Crippen molar-refractivity contribution in [2.75, 3.05) is 12.4 Å². The third kappa shape index (κ3) is 4.71. The van der Waals surface area contributed by atoms with E-state index in [0.29, 0.717) is 22.9 Å². The number of amides is 1. The smallest absolute Gasteiger partial charge is 0.387 e. The van der Waals surface area contributed by atoms with E-state index in [-0.39, 0.29) is 17.1 Å². The fourth-order valence-corrected chi connectivity index (χ4v) is 3.20. The van der Waals surface area contributed by atoms with Gasteiger partial charge < -0.3 is 14.8 Å². The van der Waals surface area contributed by atoms with Gasteiger partial charge in [0.05, 0.1) is 30.7 Å². The van der Waals surface area contributed by atoms with Crippen molar-refractivity contribution in [3.8, 4) is 11.5 Å². The highest BCUT2D eigenvalue weighted by Gasteiger charge is 2.18. The summed E-state index contributed by atoms with van der Waals surface area (Å²) >= 11 is 6.23. The molecule has 30 heavy (non-hydrogen) atoms. The minimum absolute atomic E-state index is 0.0332. The fourth-order valence-electron chi connectivity index (χ4n) is 3.01. The first-order valence-electron chi connectivity index (χ1n) is 9.01. The second-order valence-corrected chi connectivity index (χ2v) is 6.90. The highest BCUT2D eigenvalue weighted by atomic mass is 35.5. The van der Waals surface area contributed by atoms with Crippen LogP contribution in [-0.2, 0) is 6.54 Å². The zero-order valence-corrected chi connectivity index (χ0v) is 17.3. The minimum Gasteiger partial charge on any atom is -0.493 e. The van der Waals surface area contributed by atoms with Crippen LogP contribution in [0.15, 0.2) is 42.5 Å². The Labute approximate surface area is 177 Å². The highest BCUT2D eigenvalue weighted by Crippen LogP contribution is 2.30. The van der Waals surface area contributed by atoms with Crippen molar-refractivity contribution >= 4 is 23.2 Å². The Hall–Kier alpha value is -3.13. The number of hydrogen-bond donors (Lipinski definition) is 1. The Morgan fingerprint density at radius 1 is 1.20 bits per heavy atom. The molecule has 3 aromatic rings. The van der Waals surface area contributed by atoms with Crippen LogP contribution in [0, 0.1) is 13.8 Å². The molecular weight excluding hydrogens is 416 g/mol. The molecule has 0 aliphatic rings. The lowest BCUT2D eigenvalue weighted by atomic mass is 10.1. The predicted molar refractivity (Wildman–Crippen MR) is 110 cm³/mol. The maximum atomic E-state index is 12.7. The minimum atomic E-state index is -2.99. The Morgan fingerprint density at radius 2 is 1.93 bits per heavy atom. The first-order chi connectivity index (χ1) is 14.3. The fraction of sp³-hybridized carbons (Fsp3) is 0.238. The first-order valence-corrected chi connectivity index (χ1v) is 9.39. The van der Waals surface area contributed by atoms with Crippen LogP contribution in [0.5, 0.6) is 11.5 Å². The number of nitrogens with zero attached hydrogens (tertiary/aromatic N) is 2. The van der Waals surface area contributed by atoms with Crippen LogP contribution in [0.1, 0.15) is 27.3 Å². The van der Waals surface area contributed by atoms with E-state index in [1.165, 1.54) is 25.3 Å². The van der Waals surface area contributed by atoms with E-state index in [1.54, 1.807) is 17.7 Å². The number of hydrogen-bond acceptors (Lipinski definition) is 4. The number of carbonyl (C=O) groups excluding carboxylic acids is 1. The third-order valence-corrected chi connectivity index (χ3v) is 4.91. The number of aromatic nitrogens is 2. The molecule has 0 saturated carbocycles. The lowest BCUT2D eigenvalue weighted by Gasteiger charge is -2.12. The van der Waals surface area contributed by atoms with Crippen LogP contribution in [0.4, 0.5) is 14.5 Å². The number of ether oxygens (including phenoxy) is 2. The summed E-state index contributed by atoms with van der Waals surface area (Å²) in [4.78, 5) is 12.7. The van der Waals surface area contributed by atoms with Crippen molar-refractivity contribution in [3.63, 3.8) is 0 Å². The van der Waals surface area contributed by atoms with Crippen LogP contribution >= 0.6 is 11.6 Å². The average molecular weight is 436 g/mol.